The van der Waals surface area contributed by atoms with Crippen molar-refractivity contribution in [1.82, 2.24) is 19.9 Å². The molecule has 8 heteroatoms. The standard InChI is InChI=1S/C20H24N4O4/c25-19(26)15-6-7-17-18(12-15)24(22-21-17)16-8-10-23(11-9-16)20(27)28-13-14-4-2-1-3-5-14/h1-5,15-16H,6-13H2,(H,25,26). The molecule has 1 aromatic carbocycles. The highest BCUT2D eigenvalue weighted by Gasteiger charge is 2.32. The zero-order chi connectivity index (χ0) is 19.5. The molecule has 8 nitrogen and oxygen atoms in total. The first kappa shape index (κ1) is 18.5. The molecule has 4 rings (SSSR count). The molecule has 0 bridgehead atoms. The van der Waals surface area contributed by atoms with Crippen molar-refractivity contribution in [2.75, 3.05) is 13.1 Å². The average molecular weight is 384 g/mol. The van der Waals surface area contributed by atoms with Gasteiger partial charge in [-0.05, 0) is 31.2 Å². The third-order valence-corrected chi connectivity index (χ3v) is 5.66. The van der Waals surface area contributed by atoms with Crippen LogP contribution in [0.5, 0.6) is 0 Å². The molecule has 1 N–H and O–H groups in total. The van der Waals surface area contributed by atoms with Crippen molar-refractivity contribution < 1.29 is 19.4 Å². The predicted molar refractivity (Wildman–Crippen MR) is 99.6 cm³/mol. The van der Waals surface area contributed by atoms with Crippen molar-refractivity contribution in [2.24, 2.45) is 5.92 Å². The summed E-state index contributed by atoms with van der Waals surface area (Å²) in [6, 6.07) is 9.76. The maximum atomic E-state index is 12.3. The number of carboxylic acids is 1. The molecule has 1 atom stereocenters. The number of ether oxygens (including phenoxy) is 1. The lowest BCUT2D eigenvalue weighted by Crippen LogP contribution is -2.40. The van der Waals surface area contributed by atoms with Gasteiger partial charge in [0.2, 0.25) is 0 Å². The van der Waals surface area contributed by atoms with Crippen LogP contribution in [0.1, 0.15) is 42.3 Å². The Morgan fingerprint density at radius 1 is 1.14 bits per heavy atom. The third kappa shape index (κ3) is 3.85. The number of hydrogen-bond acceptors (Lipinski definition) is 5. The van der Waals surface area contributed by atoms with E-state index >= 15 is 0 Å². The van der Waals surface area contributed by atoms with Gasteiger partial charge in [-0.1, -0.05) is 35.5 Å². The number of carboxylic acid groups (broad SMARTS) is 1. The summed E-state index contributed by atoms with van der Waals surface area (Å²) in [6.07, 6.45) is 2.98. The predicted octanol–water partition coefficient (Wildman–Crippen LogP) is 2.44. The summed E-state index contributed by atoms with van der Waals surface area (Å²) in [4.78, 5) is 25.4. The van der Waals surface area contributed by atoms with Crippen molar-refractivity contribution in [3.63, 3.8) is 0 Å². The van der Waals surface area contributed by atoms with Gasteiger partial charge in [0.15, 0.2) is 0 Å². The monoisotopic (exact) mass is 384 g/mol. The van der Waals surface area contributed by atoms with Gasteiger partial charge in [-0.15, -0.1) is 5.10 Å². The van der Waals surface area contributed by atoms with Crippen LogP contribution in [0.4, 0.5) is 4.79 Å². The van der Waals surface area contributed by atoms with Crippen LogP contribution in [0.15, 0.2) is 30.3 Å². The van der Waals surface area contributed by atoms with E-state index in [9.17, 15) is 14.7 Å². The molecule has 1 amide bonds. The number of benzene rings is 1. The number of carbonyl (C=O) groups excluding carboxylic acids is 1. The van der Waals surface area contributed by atoms with Gasteiger partial charge < -0.3 is 14.7 Å². The summed E-state index contributed by atoms with van der Waals surface area (Å²) in [6.45, 7) is 1.46. The third-order valence-electron chi connectivity index (χ3n) is 5.66. The fraction of sp³-hybridized carbons (Fsp3) is 0.500. The van der Waals surface area contributed by atoms with E-state index in [0.717, 1.165) is 29.8 Å². The lowest BCUT2D eigenvalue weighted by Gasteiger charge is -2.32. The maximum absolute atomic E-state index is 12.3. The quantitative estimate of drug-likeness (QED) is 0.870. The minimum atomic E-state index is -0.755. The van der Waals surface area contributed by atoms with Crippen molar-refractivity contribution in [2.45, 2.75) is 44.8 Å². The maximum Gasteiger partial charge on any atom is 0.410 e. The summed E-state index contributed by atoms with van der Waals surface area (Å²) >= 11 is 0. The highest BCUT2D eigenvalue weighted by Crippen LogP contribution is 2.30. The van der Waals surface area contributed by atoms with Crippen LogP contribution in [0, 0.1) is 5.92 Å². The lowest BCUT2D eigenvalue weighted by molar-refractivity contribution is -0.142. The van der Waals surface area contributed by atoms with Gasteiger partial charge >= 0.3 is 12.1 Å². The van der Waals surface area contributed by atoms with Crippen LogP contribution in [-0.2, 0) is 29.0 Å². The van der Waals surface area contributed by atoms with Crippen LogP contribution in [0.25, 0.3) is 0 Å². The highest BCUT2D eigenvalue weighted by atomic mass is 16.6. The number of amides is 1. The van der Waals surface area contributed by atoms with E-state index in [1.165, 1.54) is 0 Å². The average Bonchev–Trinajstić information content (AvgIpc) is 3.16. The number of hydrogen-bond donors (Lipinski definition) is 1. The minimum Gasteiger partial charge on any atom is -0.481 e. The van der Waals surface area contributed by atoms with Crippen LogP contribution in [-0.4, -0.2) is 50.2 Å². The van der Waals surface area contributed by atoms with Gasteiger partial charge in [-0.2, -0.15) is 0 Å². The van der Waals surface area contributed by atoms with Gasteiger partial charge in [0, 0.05) is 19.5 Å². The van der Waals surface area contributed by atoms with Crippen LogP contribution < -0.4 is 0 Å². The normalized spacial score (nSPS) is 19.9. The molecule has 0 saturated carbocycles. The molecule has 1 aromatic heterocycles. The molecule has 28 heavy (non-hydrogen) atoms. The SMILES string of the molecule is O=C(O)C1CCc2nnn(C3CCN(C(=O)OCc4ccccc4)CC3)c2C1. The van der Waals surface area contributed by atoms with E-state index < -0.39 is 5.97 Å². The minimum absolute atomic E-state index is 0.141. The summed E-state index contributed by atoms with van der Waals surface area (Å²) < 4.78 is 7.31. The van der Waals surface area contributed by atoms with E-state index in [4.69, 9.17) is 4.74 Å². The first-order chi connectivity index (χ1) is 13.6. The molecule has 1 fully saturated rings. The second-order valence-corrected chi connectivity index (χ2v) is 7.46. The number of aromatic nitrogens is 3. The zero-order valence-corrected chi connectivity index (χ0v) is 15.7. The molecule has 1 saturated heterocycles. The topological polar surface area (TPSA) is 97.5 Å². The Labute approximate surface area is 163 Å². The molecule has 1 unspecified atom stereocenters. The molecule has 148 valence electrons. The number of fused-ring (bicyclic) bond motifs is 1. The molecular weight excluding hydrogens is 360 g/mol. The van der Waals surface area contributed by atoms with E-state index in [1.54, 1.807) is 4.90 Å². The van der Waals surface area contributed by atoms with E-state index in [2.05, 4.69) is 10.3 Å². The van der Waals surface area contributed by atoms with Gasteiger partial charge in [-0.3, -0.25) is 4.79 Å². The molecular formula is C20H24N4O4. The number of carbonyl (C=O) groups is 2. The van der Waals surface area contributed by atoms with Gasteiger partial charge in [0.25, 0.3) is 0 Å². The summed E-state index contributed by atoms with van der Waals surface area (Å²) in [5.74, 6) is -1.12. The van der Waals surface area contributed by atoms with Crippen LogP contribution >= 0.6 is 0 Å². The Bertz CT molecular complexity index is 843. The molecule has 2 aliphatic rings. The Kier molecular flexibility index (Phi) is 5.27. The largest absolute Gasteiger partial charge is 0.481 e. The fourth-order valence-electron chi connectivity index (χ4n) is 4.01. The number of rotatable bonds is 4. The number of nitrogens with zero attached hydrogens (tertiary/aromatic N) is 4. The smallest absolute Gasteiger partial charge is 0.410 e. The van der Waals surface area contributed by atoms with Gasteiger partial charge in [0.05, 0.1) is 23.3 Å². The number of aryl methyl sites for hydroxylation is 1. The Hall–Kier alpha value is -2.90. The Morgan fingerprint density at radius 3 is 2.61 bits per heavy atom. The highest BCUT2D eigenvalue weighted by molar-refractivity contribution is 5.70. The second-order valence-electron chi connectivity index (χ2n) is 7.46. The molecule has 0 radical (unpaired) electrons. The van der Waals surface area contributed by atoms with Gasteiger partial charge in [0.1, 0.15) is 6.61 Å². The second kappa shape index (κ2) is 8.00. The fourth-order valence-corrected chi connectivity index (χ4v) is 4.01. The molecule has 2 aromatic rings. The van der Waals surface area contributed by atoms with Crippen molar-refractivity contribution in [3.05, 3.63) is 47.3 Å². The van der Waals surface area contributed by atoms with Crippen molar-refractivity contribution >= 4 is 12.1 Å². The van der Waals surface area contributed by atoms with Crippen LogP contribution in [0.2, 0.25) is 0 Å². The molecule has 1 aliphatic carbocycles. The Morgan fingerprint density at radius 2 is 1.89 bits per heavy atom. The van der Waals surface area contributed by atoms with E-state index in [1.807, 2.05) is 35.0 Å². The summed E-state index contributed by atoms with van der Waals surface area (Å²) in [5.41, 5.74) is 2.83. The summed E-state index contributed by atoms with van der Waals surface area (Å²) in [7, 11) is 0. The molecule has 1 aliphatic heterocycles. The first-order valence-electron chi connectivity index (χ1n) is 9.73. The first-order valence-corrected chi connectivity index (χ1v) is 9.73. The number of likely N-dealkylation sites (tertiary alicyclic amines) is 1. The molecule has 2 heterocycles. The molecule has 0 spiro atoms. The van der Waals surface area contributed by atoms with E-state index in [0.29, 0.717) is 32.4 Å². The Balaban J connectivity index is 1.33. The van der Waals surface area contributed by atoms with Crippen LogP contribution in [0.3, 0.4) is 0 Å². The van der Waals surface area contributed by atoms with E-state index in [-0.39, 0.29) is 24.7 Å². The number of piperidine rings is 1. The zero-order valence-electron chi connectivity index (χ0n) is 15.7. The van der Waals surface area contributed by atoms with Crippen molar-refractivity contribution in [1.29, 1.82) is 0 Å². The van der Waals surface area contributed by atoms with Gasteiger partial charge in [-0.25, -0.2) is 9.48 Å². The van der Waals surface area contributed by atoms with Crippen molar-refractivity contribution in [3.8, 4) is 0 Å². The lowest BCUT2D eigenvalue weighted by atomic mass is 9.89. The summed E-state index contributed by atoms with van der Waals surface area (Å²) in [5, 5.41) is 17.9. The number of aliphatic carboxylic acids is 1.